The summed E-state index contributed by atoms with van der Waals surface area (Å²) < 4.78 is 12.8. The number of nitrogens with zero attached hydrogens (tertiary/aromatic N) is 3. The number of nitrogen functional groups attached to an aromatic ring is 1. The van der Waals surface area contributed by atoms with Crippen molar-refractivity contribution in [2.75, 3.05) is 12.8 Å². The molecule has 29 heavy (non-hydrogen) atoms. The topological polar surface area (TPSA) is 92.3 Å². The highest BCUT2D eigenvalue weighted by atomic mass is 16.5. The third kappa shape index (κ3) is 3.14. The van der Waals surface area contributed by atoms with Gasteiger partial charge in [-0.3, -0.25) is 4.57 Å². The lowest BCUT2D eigenvalue weighted by atomic mass is 10.2. The first-order valence-electron chi connectivity index (χ1n) is 9.46. The summed E-state index contributed by atoms with van der Waals surface area (Å²) in [6, 6.07) is 14.9. The fourth-order valence-electron chi connectivity index (χ4n) is 3.25. The van der Waals surface area contributed by atoms with Gasteiger partial charge in [0.15, 0.2) is 5.65 Å². The van der Waals surface area contributed by atoms with Gasteiger partial charge in [-0.1, -0.05) is 31.2 Å². The predicted molar refractivity (Wildman–Crippen MR) is 113 cm³/mol. The zero-order valence-electron chi connectivity index (χ0n) is 16.5. The molecule has 148 valence electrons. The smallest absolute Gasteiger partial charge is 0.344 e. The molecule has 7 nitrogen and oxygen atoms in total. The van der Waals surface area contributed by atoms with Gasteiger partial charge in [0, 0.05) is 0 Å². The van der Waals surface area contributed by atoms with E-state index in [4.69, 9.17) is 20.2 Å². The van der Waals surface area contributed by atoms with Gasteiger partial charge in [0.2, 0.25) is 0 Å². The quantitative estimate of drug-likeness (QED) is 0.515. The van der Waals surface area contributed by atoms with Crippen LogP contribution in [0.1, 0.15) is 30.6 Å². The second-order valence-electron chi connectivity index (χ2n) is 6.78. The largest absolute Gasteiger partial charge is 0.495 e. The minimum absolute atomic E-state index is 0.212. The third-order valence-corrected chi connectivity index (χ3v) is 4.91. The molecular weight excluding hydrogens is 368 g/mol. The average molecular weight is 390 g/mol. The number of anilines is 1. The van der Waals surface area contributed by atoms with E-state index in [0.717, 1.165) is 0 Å². The number of benzene rings is 2. The molecule has 2 heterocycles. The van der Waals surface area contributed by atoms with Crippen LogP contribution in [0.3, 0.4) is 0 Å². The van der Waals surface area contributed by atoms with Crippen molar-refractivity contribution in [2.24, 2.45) is 0 Å². The fourth-order valence-corrected chi connectivity index (χ4v) is 3.25. The molecule has 0 aliphatic carbocycles. The molecule has 0 aliphatic rings. The second kappa shape index (κ2) is 7.43. The monoisotopic (exact) mass is 390 g/mol. The number of aromatic nitrogens is 3. The molecule has 0 radical (unpaired) electrons. The van der Waals surface area contributed by atoms with Crippen molar-refractivity contribution >= 4 is 34.0 Å². The van der Waals surface area contributed by atoms with Crippen LogP contribution >= 0.6 is 0 Å². The van der Waals surface area contributed by atoms with E-state index < -0.39 is 5.97 Å². The van der Waals surface area contributed by atoms with Gasteiger partial charge < -0.3 is 15.2 Å². The number of hydrogen-bond donors (Lipinski definition) is 1. The standard InChI is InChI=1S/C22H22N4O3/c1-4-13(2)29-22(27)18-19-21(25-15-10-6-5-9-14(15)24-19)26(20(18)23)16-11-7-8-12-17(16)28-3/h5-13H,4,23H2,1-3H3/t13-/m1/s1. The van der Waals surface area contributed by atoms with Gasteiger partial charge in [-0.15, -0.1) is 0 Å². The Kier molecular flexibility index (Phi) is 4.80. The van der Waals surface area contributed by atoms with Gasteiger partial charge in [-0.25, -0.2) is 14.8 Å². The zero-order valence-corrected chi connectivity index (χ0v) is 16.5. The molecule has 1 atom stereocenters. The van der Waals surface area contributed by atoms with Crippen molar-refractivity contribution in [3.05, 3.63) is 54.1 Å². The molecule has 2 N–H and O–H groups in total. The van der Waals surface area contributed by atoms with Crippen molar-refractivity contribution in [1.29, 1.82) is 0 Å². The van der Waals surface area contributed by atoms with Crippen LogP contribution in [0.2, 0.25) is 0 Å². The Bertz CT molecular complexity index is 1220. The number of methoxy groups -OCH3 is 1. The fraction of sp³-hybridized carbons (Fsp3) is 0.227. The average Bonchev–Trinajstić information content (AvgIpc) is 3.02. The van der Waals surface area contributed by atoms with Crippen LogP contribution in [0.25, 0.3) is 27.9 Å². The van der Waals surface area contributed by atoms with Crippen LogP contribution in [-0.2, 0) is 4.74 Å². The number of rotatable bonds is 5. The SMILES string of the molecule is CC[C@@H](C)OC(=O)c1c(N)n(-c2ccccc2OC)c2nc3ccccc3nc12. The molecule has 7 heteroatoms. The molecule has 0 unspecified atom stereocenters. The van der Waals surface area contributed by atoms with Crippen LogP contribution in [-0.4, -0.2) is 33.7 Å². The predicted octanol–water partition coefficient (Wildman–Crippen LogP) is 4.12. The van der Waals surface area contributed by atoms with Crippen LogP contribution in [0.4, 0.5) is 5.82 Å². The molecule has 4 rings (SSSR count). The Labute approximate surface area is 168 Å². The van der Waals surface area contributed by atoms with E-state index in [2.05, 4.69) is 4.98 Å². The van der Waals surface area contributed by atoms with E-state index in [9.17, 15) is 4.79 Å². The van der Waals surface area contributed by atoms with E-state index in [1.165, 1.54) is 0 Å². The van der Waals surface area contributed by atoms with Gasteiger partial charge in [0.1, 0.15) is 22.6 Å². The van der Waals surface area contributed by atoms with Crippen LogP contribution < -0.4 is 10.5 Å². The number of carbonyl (C=O) groups excluding carboxylic acids is 1. The summed E-state index contributed by atoms with van der Waals surface area (Å²) >= 11 is 0. The van der Waals surface area contributed by atoms with E-state index in [1.807, 2.05) is 62.4 Å². The van der Waals surface area contributed by atoms with Crippen molar-refractivity contribution in [3.8, 4) is 11.4 Å². The highest BCUT2D eigenvalue weighted by molar-refractivity contribution is 6.09. The van der Waals surface area contributed by atoms with Gasteiger partial charge in [-0.05, 0) is 37.6 Å². The van der Waals surface area contributed by atoms with E-state index in [1.54, 1.807) is 11.7 Å². The summed E-state index contributed by atoms with van der Waals surface area (Å²) in [6.45, 7) is 3.79. The zero-order chi connectivity index (χ0) is 20.5. The lowest BCUT2D eigenvalue weighted by Gasteiger charge is -2.13. The van der Waals surface area contributed by atoms with E-state index >= 15 is 0 Å². The van der Waals surface area contributed by atoms with Crippen molar-refractivity contribution < 1.29 is 14.3 Å². The normalized spacial score (nSPS) is 12.2. The summed E-state index contributed by atoms with van der Waals surface area (Å²) in [5.74, 6) is 0.307. The first kappa shape index (κ1) is 18.7. The molecular formula is C22H22N4O3. The Morgan fingerprint density at radius 1 is 1.10 bits per heavy atom. The molecule has 0 saturated carbocycles. The highest BCUT2D eigenvalue weighted by Gasteiger charge is 2.27. The van der Waals surface area contributed by atoms with Crippen LogP contribution in [0.15, 0.2) is 48.5 Å². The number of esters is 1. The molecule has 0 fully saturated rings. The molecule has 0 saturated heterocycles. The maximum atomic E-state index is 13.0. The maximum Gasteiger partial charge on any atom is 0.344 e. The number of nitrogens with two attached hydrogens (primary N) is 1. The summed E-state index contributed by atoms with van der Waals surface area (Å²) in [5, 5.41) is 0. The number of carbonyl (C=O) groups is 1. The van der Waals surface area contributed by atoms with Crippen molar-refractivity contribution in [2.45, 2.75) is 26.4 Å². The summed E-state index contributed by atoms with van der Waals surface area (Å²) in [7, 11) is 1.58. The maximum absolute atomic E-state index is 13.0. The van der Waals surface area contributed by atoms with E-state index in [0.29, 0.717) is 40.1 Å². The van der Waals surface area contributed by atoms with Gasteiger partial charge in [-0.2, -0.15) is 0 Å². The first-order valence-corrected chi connectivity index (χ1v) is 9.46. The van der Waals surface area contributed by atoms with Gasteiger partial charge in [0.25, 0.3) is 0 Å². The molecule has 0 amide bonds. The molecule has 2 aromatic carbocycles. The molecule has 0 spiro atoms. The van der Waals surface area contributed by atoms with Crippen LogP contribution in [0.5, 0.6) is 5.75 Å². The summed E-state index contributed by atoms with van der Waals surface area (Å²) in [6.07, 6.45) is 0.464. The van der Waals surface area contributed by atoms with Crippen LogP contribution in [0, 0.1) is 0 Å². The van der Waals surface area contributed by atoms with Gasteiger partial charge >= 0.3 is 5.97 Å². The summed E-state index contributed by atoms with van der Waals surface area (Å²) in [4.78, 5) is 22.4. The lowest BCUT2D eigenvalue weighted by molar-refractivity contribution is 0.0338. The Morgan fingerprint density at radius 2 is 1.76 bits per heavy atom. The second-order valence-corrected chi connectivity index (χ2v) is 6.78. The lowest BCUT2D eigenvalue weighted by Crippen LogP contribution is -2.15. The molecule has 4 aromatic rings. The van der Waals surface area contributed by atoms with E-state index in [-0.39, 0.29) is 17.5 Å². The Balaban J connectivity index is 2.06. The van der Waals surface area contributed by atoms with Crippen molar-refractivity contribution in [1.82, 2.24) is 14.5 Å². The Morgan fingerprint density at radius 3 is 2.45 bits per heavy atom. The number of ether oxygens (including phenoxy) is 2. The van der Waals surface area contributed by atoms with Gasteiger partial charge in [0.05, 0.1) is 29.9 Å². The Hall–Kier alpha value is -3.61. The number of fused-ring (bicyclic) bond motifs is 2. The number of para-hydroxylation sites is 4. The minimum Gasteiger partial charge on any atom is -0.495 e. The molecule has 2 aromatic heterocycles. The molecule has 0 bridgehead atoms. The minimum atomic E-state index is -0.514. The highest BCUT2D eigenvalue weighted by Crippen LogP contribution is 2.34. The first-order chi connectivity index (χ1) is 14.0. The number of hydrogen-bond acceptors (Lipinski definition) is 6. The van der Waals surface area contributed by atoms with Crippen molar-refractivity contribution in [3.63, 3.8) is 0 Å². The molecule has 0 aliphatic heterocycles. The summed E-state index contributed by atoms with van der Waals surface area (Å²) in [5.41, 5.74) is 9.62. The third-order valence-electron chi connectivity index (χ3n) is 4.91.